The van der Waals surface area contributed by atoms with Gasteiger partial charge in [-0.25, -0.2) is 9.97 Å². The van der Waals surface area contributed by atoms with Crippen LogP contribution in [0.5, 0.6) is 0 Å². The highest BCUT2D eigenvalue weighted by molar-refractivity contribution is 7.16. The van der Waals surface area contributed by atoms with Gasteiger partial charge in [-0.05, 0) is 19.1 Å². The molecule has 0 aromatic carbocycles. The summed E-state index contributed by atoms with van der Waals surface area (Å²) >= 11 is 13.8. The fraction of sp³-hybridized carbons (Fsp3) is 0.429. The van der Waals surface area contributed by atoms with E-state index in [0.717, 1.165) is 28.1 Å². The van der Waals surface area contributed by atoms with E-state index in [9.17, 15) is 0 Å². The van der Waals surface area contributed by atoms with E-state index >= 15 is 0 Å². The highest BCUT2D eigenvalue weighted by Crippen LogP contribution is 2.28. The molecular weight excluding hydrogens is 313 g/mol. The van der Waals surface area contributed by atoms with Gasteiger partial charge >= 0.3 is 0 Å². The molecule has 0 N–H and O–H groups in total. The first-order valence-electron chi connectivity index (χ1n) is 6.38. The second-order valence-corrected chi connectivity index (χ2v) is 7.20. The molecule has 0 aliphatic heterocycles. The summed E-state index contributed by atoms with van der Waals surface area (Å²) in [5.41, 5.74) is 0.904. The number of thiophene rings is 1. The molecule has 0 unspecified atom stereocenters. The molecule has 0 spiro atoms. The van der Waals surface area contributed by atoms with Gasteiger partial charge in [0.05, 0.1) is 10.9 Å². The molecule has 0 amide bonds. The minimum absolute atomic E-state index is 0.247. The molecular formula is C14H17Cl2N3S. The zero-order chi connectivity index (χ0) is 14.9. The second kappa shape index (κ2) is 6.29. The molecule has 0 aliphatic rings. The van der Waals surface area contributed by atoms with Gasteiger partial charge in [0.25, 0.3) is 0 Å². The van der Waals surface area contributed by atoms with E-state index in [1.807, 2.05) is 26.1 Å². The summed E-state index contributed by atoms with van der Waals surface area (Å²) < 4.78 is 0.800. The Morgan fingerprint density at radius 1 is 1.25 bits per heavy atom. The van der Waals surface area contributed by atoms with Gasteiger partial charge in [-0.15, -0.1) is 11.3 Å². The number of aromatic nitrogens is 2. The Morgan fingerprint density at radius 2 is 1.95 bits per heavy atom. The van der Waals surface area contributed by atoms with Gasteiger partial charge in [0, 0.05) is 23.4 Å². The predicted molar refractivity (Wildman–Crippen MR) is 87.3 cm³/mol. The van der Waals surface area contributed by atoms with Crippen molar-refractivity contribution in [2.24, 2.45) is 0 Å². The van der Waals surface area contributed by atoms with E-state index in [0.29, 0.717) is 5.15 Å². The van der Waals surface area contributed by atoms with Crippen molar-refractivity contribution in [3.05, 3.63) is 37.9 Å². The van der Waals surface area contributed by atoms with Gasteiger partial charge in [0.1, 0.15) is 16.8 Å². The van der Waals surface area contributed by atoms with Crippen LogP contribution >= 0.6 is 34.5 Å². The summed E-state index contributed by atoms with van der Waals surface area (Å²) in [5.74, 6) is 1.89. The van der Waals surface area contributed by atoms with Crippen molar-refractivity contribution in [1.29, 1.82) is 0 Å². The van der Waals surface area contributed by atoms with Crippen LogP contribution in [0.15, 0.2) is 12.1 Å². The van der Waals surface area contributed by atoms with Crippen LogP contribution in [-0.4, -0.2) is 17.0 Å². The monoisotopic (exact) mass is 329 g/mol. The third-order valence-corrected chi connectivity index (χ3v) is 4.56. The van der Waals surface area contributed by atoms with E-state index in [-0.39, 0.29) is 5.92 Å². The summed E-state index contributed by atoms with van der Waals surface area (Å²) in [6, 6.07) is 3.94. The van der Waals surface area contributed by atoms with Crippen molar-refractivity contribution >= 4 is 40.4 Å². The van der Waals surface area contributed by atoms with Gasteiger partial charge in [-0.3, -0.25) is 0 Å². The van der Waals surface area contributed by atoms with E-state index in [1.165, 1.54) is 4.88 Å². The fourth-order valence-electron chi connectivity index (χ4n) is 1.87. The molecule has 108 valence electrons. The van der Waals surface area contributed by atoms with E-state index in [4.69, 9.17) is 23.2 Å². The number of rotatable bonds is 4. The van der Waals surface area contributed by atoms with E-state index < -0.39 is 0 Å². The quantitative estimate of drug-likeness (QED) is 0.746. The minimum Gasteiger partial charge on any atom is -0.354 e. The minimum atomic E-state index is 0.247. The number of anilines is 1. The van der Waals surface area contributed by atoms with Crippen molar-refractivity contribution in [2.45, 2.75) is 33.2 Å². The molecule has 2 aromatic heterocycles. The summed E-state index contributed by atoms with van der Waals surface area (Å²) in [4.78, 5) is 12.2. The highest BCUT2D eigenvalue weighted by atomic mass is 35.5. The van der Waals surface area contributed by atoms with Crippen LogP contribution in [0.4, 0.5) is 5.82 Å². The third kappa shape index (κ3) is 3.43. The molecule has 20 heavy (non-hydrogen) atoms. The van der Waals surface area contributed by atoms with Crippen molar-refractivity contribution in [2.75, 3.05) is 11.9 Å². The smallest absolute Gasteiger partial charge is 0.137 e. The first-order valence-corrected chi connectivity index (χ1v) is 7.95. The number of hydrogen-bond donors (Lipinski definition) is 0. The first kappa shape index (κ1) is 15.5. The Hall–Kier alpha value is -0.840. The van der Waals surface area contributed by atoms with Crippen molar-refractivity contribution in [1.82, 2.24) is 9.97 Å². The maximum absolute atomic E-state index is 6.22. The Bertz CT molecular complexity index is 610. The predicted octanol–water partition coefficient (Wildman–Crippen LogP) is 4.91. The summed E-state index contributed by atoms with van der Waals surface area (Å²) in [6.07, 6.45) is 0. The Morgan fingerprint density at radius 3 is 2.50 bits per heavy atom. The van der Waals surface area contributed by atoms with Gasteiger partial charge in [0.2, 0.25) is 0 Å². The van der Waals surface area contributed by atoms with Gasteiger partial charge in [-0.2, -0.15) is 0 Å². The molecule has 0 saturated carbocycles. The lowest BCUT2D eigenvalue weighted by Gasteiger charge is -2.21. The van der Waals surface area contributed by atoms with Crippen molar-refractivity contribution < 1.29 is 0 Å². The molecule has 2 aromatic rings. The normalized spacial score (nSPS) is 11.2. The average Bonchev–Trinajstić information content (AvgIpc) is 2.77. The van der Waals surface area contributed by atoms with Gasteiger partial charge in [0.15, 0.2) is 0 Å². The zero-order valence-electron chi connectivity index (χ0n) is 11.9. The second-order valence-electron chi connectivity index (χ2n) is 5.04. The van der Waals surface area contributed by atoms with Crippen molar-refractivity contribution in [3.8, 4) is 0 Å². The number of hydrogen-bond acceptors (Lipinski definition) is 4. The maximum atomic E-state index is 6.22. The topological polar surface area (TPSA) is 29.0 Å². The Kier molecular flexibility index (Phi) is 4.89. The van der Waals surface area contributed by atoms with Crippen LogP contribution < -0.4 is 4.90 Å². The molecule has 0 aliphatic carbocycles. The van der Waals surface area contributed by atoms with Crippen LogP contribution in [0.3, 0.4) is 0 Å². The molecule has 2 rings (SSSR count). The van der Waals surface area contributed by atoms with Crippen LogP contribution in [-0.2, 0) is 6.54 Å². The largest absolute Gasteiger partial charge is 0.354 e. The fourth-order valence-corrected chi connectivity index (χ4v) is 3.18. The Balaban J connectivity index is 2.30. The maximum Gasteiger partial charge on any atom is 0.137 e. The SMILES string of the molecule is Cc1c(Cl)nc(C(C)C)nc1N(C)Cc1ccc(Cl)s1. The van der Waals surface area contributed by atoms with Crippen LogP contribution in [0, 0.1) is 6.92 Å². The first-order chi connectivity index (χ1) is 9.38. The number of nitrogens with zero attached hydrogens (tertiary/aromatic N) is 3. The molecule has 0 fully saturated rings. The van der Waals surface area contributed by atoms with Crippen molar-refractivity contribution in [3.63, 3.8) is 0 Å². The molecule has 0 saturated heterocycles. The summed E-state index contributed by atoms with van der Waals surface area (Å²) in [5, 5.41) is 0.523. The summed E-state index contributed by atoms with van der Waals surface area (Å²) in [7, 11) is 2.00. The summed E-state index contributed by atoms with van der Waals surface area (Å²) in [6.45, 7) is 6.82. The van der Waals surface area contributed by atoms with Crippen LogP contribution in [0.1, 0.15) is 36.0 Å². The molecule has 6 heteroatoms. The molecule has 0 radical (unpaired) electrons. The molecule has 3 nitrogen and oxygen atoms in total. The number of halogens is 2. The molecule has 2 heterocycles. The molecule has 0 atom stereocenters. The molecule has 0 bridgehead atoms. The lowest BCUT2D eigenvalue weighted by Crippen LogP contribution is -2.20. The Labute approximate surface area is 133 Å². The average molecular weight is 330 g/mol. The lowest BCUT2D eigenvalue weighted by molar-refractivity contribution is 0.759. The van der Waals surface area contributed by atoms with E-state index in [2.05, 4.69) is 28.7 Å². The van der Waals surface area contributed by atoms with Gasteiger partial charge < -0.3 is 4.90 Å². The third-order valence-electron chi connectivity index (χ3n) is 2.98. The van der Waals surface area contributed by atoms with E-state index in [1.54, 1.807) is 11.3 Å². The zero-order valence-corrected chi connectivity index (χ0v) is 14.3. The van der Waals surface area contributed by atoms with Crippen LogP contribution in [0.25, 0.3) is 0 Å². The van der Waals surface area contributed by atoms with Crippen LogP contribution in [0.2, 0.25) is 9.49 Å². The standard InChI is InChI=1S/C14H17Cl2N3S/c1-8(2)13-17-12(16)9(3)14(18-13)19(4)7-10-5-6-11(15)20-10/h5-6,8H,7H2,1-4H3. The lowest BCUT2D eigenvalue weighted by atomic mass is 10.2. The van der Waals surface area contributed by atoms with Gasteiger partial charge in [-0.1, -0.05) is 37.0 Å². The highest BCUT2D eigenvalue weighted by Gasteiger charge is 2.15.